The third kappa shape index (κ3) is 17.6. The Morgan fingerprint density at radius 2 is 1.00 bits per heavy atom. The molecule has 0 spiro atoms. The molecule has 0 aliphatic carbocycles. The van der Waals surface area contributed by atoms with Gasteiger partial charge in [0.2, 0.25) is 0 Å². The number of hydrogen-bond acceptors (Lipinski definition) is 4. The van der Waals surface area contributed by atoms with Gasteiger partial charge in [0.25, 0.3) is 0 Å². The molecule has 0 rings (SSSR count). The summed E-state index contributed by atoms with van der Waals surface area (Å²) in [5.41, 5.74) is 0. The van der Waals surface area contributed by atoms with Gasteiger partial charge in [0.05, 0.1) is 0 Å². The average Bonchev–Trinajstić information content (AvgIpc) is 2.38. The summed E-state index contributed by atoms with van der Waals surface area (Å²) >= 11 is 3.88. The van der Waals surface area contributed by atoms with Gasteiger partial charge in [-0.1, -0.05) is 12.8 Å². The highest BCUT2D eigenvalue weighted by atomic mass is 32.2. The van der Waals surface area contributed by atoms with Crippen LogP contribution in [0.2, 0.25) is 0 Å². The van der Waals surface area contributed by atoms with E-state index in [1.165, 1.54) is 0 Å². The van der Waals surface area contributed by atoms with E-state index in [-0.39, 0.29) is 0 Å². The van der Waals surface area contributed by atoms with E-state index in [2.05, 4.69) is 0 Å². The smallest absolute Gasteiger partial charge is 0.303 e. The molecule has 6 heteroatoms. The highest BCUT2D eigenvalue weighted by Gasteiger charge is 1.98. The van der Waals surface area contributed by atoms with Gasteiger partial charge in [0.15, 0.2) is 0 Å². The summed E-state index contributed by atoms with van der Waals surface area (Å²) in [5.74, 6) is 3.16. The maximum Gasteiger partial charge on any atom is 0.303 e. The molecule has 0 aliphatic rings. The number of carboxylic acids is 2. The van der Waals surface area contributed by atoms with Crippen molar-refractivity contribution in [2.45, 2.75) is 51.4 Å². The minimum absolute atomic E-state index is 0.294. The van der Waals surface area contributed by atoms with Crippen molar-refractivity contribution in [2.24, 2.45) is 0 Å². The second-order valence-corrected chi connectivity index (χ2v) is 7.08. The first kappa shape index (κ1) is 19.6. The van der Waals surface area contributed by atoms with Crippen LogP contribution in [-0.2, 0) is 9.59 Å². The molecule has 0 atom stereocenters. The number of unbranched alkanes of at least 4 members (excludes halogenated alkanes) is 4. The molecule has 0 fully saturated rings. The third-order valence-electron chi connectivity index (χ3n) is 2.73. The molecule has 118 valence electrons. The zero-order chi connectivity index (χ0) is 15.1. The number of thioether (sulfide) groups is 2. The fourth-order valence-electron chi connectivity index (χ4n) is 1.64. The summed E-state index contributed by atoms with van der Waals surface area (Å²) in [6.07, 6.45) is 6.41. The van der Waals surface area contributed by atoms with Crippen LogP contribution >= 0.6 is 23.5 Å². The van der Waals surface area contributed by atoms with E-state index in [4.69, 9.17) is 10.2 Å². The fourth-order valence-corrected chi connectivity index (χ4v) is 3.80. The molecule has 0 heterocycles. The van der Waals surface area contributed by atoms with E-state index >= 15 is 0 Å². The van der Waals surface area contributed by atoms with Gasteiger partial charge in [-0.15, -0.1) is 0 Å². The zero-order valence-corrected chi connectivity index (χ0v) is 13.6. The molecule has 0 amide bonds. The molecule has 0 aromatic rings. The second kappa shape index (κ2) is 15.0. The summed E-state index contributed by atoms with van der Waals surface area (Å²) in [7, 11) is 0. The maximum atomic E-state index is 10.3. The van der Waals surface area contributed by atoms with E-state index in [0.29, 0.717) is 12.8 Å². The van der Waals surface area contributed by atoms with Gasteiger partial charge in [-0.2, -0.15) is 23.5 Å². The predicted molar refractivity (Wildman–Crippen MR) is 86.9 cm³/mol. The van der Waals surface area contributed by atoms with Crippen LogP contribution in [-0.4, -0.2) is 45.2 Å². The minimum atomic E-state index is -0.697. The van der Waals surface area contributed by atoms with Crippen molar-refractivity contribution in [1.29, 1.82) is 0 Å². The SMILES string of the molecule is O=C(O)CCCCCSCCSCCCCCC(=O)O. The van der Waals surface area contributed by atoms with Crippen molar-refractivity contribution in [1.82, 2.24) is 0 Å². The summed E-state index contributed by atoms with van der Waals surface area (Å²) < 4.78 is 0. The molecule has 0 radical (unpaired) electrons. The quantitative estimate of drug-likeness (QED) is 0.447. The van der Waals surface area contributed by atoms with Crippen molar-refractivity contribution < 1.29 is 19.8 Å². The molecule has 0 unspecified atom stereocenters. The summed E-state index contributed by atoms with van der Waals surface area (Å²) in [5, 5.41) is 17.0. The van der Waals surface area contributed by atoms with E-state index < -0.39 is 11.9 Å². The maximum absolute atomic E-state index is 10.3. The molecule has 0 aromatic carbocycles. The Hall–Kier alpha value is -0.360. The van der Waals surface area contributed by atoms with E-state index in [9.17, 15) is 9.59 Å². The number of carboxylic acid groups (broad SMARTS) is 2. The first-order valence-corrected chi connectivity index (χ1v) is 9.53. The van der Waals surface area contributed by atoms with Crippen molar-refractivity contribution >= 4 is 35.5 Å². The lowest BCUT2D eigenvalue weighted by molar-refractivity contribution is -0.138. The van der Waals surface area contributed by atoms with Crippen LogP contribution in [0.1, 0.15) is 51.4 Å². The van der Waals surface area contributed by atoms with Crippen molar-refractivity contribution in [3.63, 3.8) is 0 Å². The summed E-state index contributed by atoms with van der Waals surface area (Å²) in [6.45, 7) is 0. The average molecular weight is 322 g/mol. The Labute approximate surface area is 130 Å². The van der Waals surface area contributed by atoms with Crippen LogP contribution in [0, 0.1) is 0 Å². The molecular weight excluding hydrogens is 296 g/mol. The van der Waals surface area contributed by atoms with Crippen LogP contribution in [0.5, 0.6) is 0 Å². The van der Waals surface area contributed by atoms with Gasteiger partial charge in [-0.3, -0.25) is 9.59 Å². The van der Waals surface area contributed by atoms with Gasteiger partial charge in [-0.25, -0.2) is 0 Å². The molecule has 0 aromatic heterocycles. The molecular formula is C14H26O4S2. The van der Waals surface area contributed by atoms with Crippen molar-refractivity contribution in [3.05, 3.63) is 0 Å². The Morgan fingerprint density at radius 3 is 1.35 bits per heavy atom. The molecule has 0 aliphatic heterocycles. The van der Waals surface area contributed by atoms with E-state index in [1.54, 1.807) is 0 Å². The van der Waals surface area contributed by atoms with Gasteiger partial charge < -0.3 is 10.2 Å². The highest BCUT2D eigenvalue weighted by molar-refractivity contribution is 8.02. The topological polar surface area (TPSA) is 74.6 Å². The van der Waals surface area contributed by atoms with Crippen LogP contribution in [0.15, 0.2) is 0 Å². The molecule has 20 heavy (non-hydrogen) atoms. The lowest BCUT2D eigenvalue weighted by atomic mass is 10.2. The van der Waals surface area contributed by atoms with Crippen LogP contribution in [0.25, 0.3) is 0 Å². The molecule has 0 bridgehead atoms. The number of hydrogen-bond donors (Lipinski definition) is 2. The van der Waals surface area contributed by atoms with Crippen LogP contribution in [0.4, 0.5) is 0 Å². The van der Waals surface area contributed by atoms with Crippen LogP contribution in [0.3, 0.4) is 0 Å². The monoisotopic (exact) mass is 322 g/mol. The Balaban J connectivity index is 2.99. The first-order chi connectivity index (χ1) is 9.63. The standard InChI is InChI=1S/C14H26O4S2/c15-13(16)7-3-1-5-9-19-11-12-20-10-6-2-4-8-14(17)18/h1-12H2,(H,15,16)(H,17,18). The number of rotatable bonds is 15. The highest BCUT2D eigenvalue weighted by Crippen LogP contribution is 2.12. The largest absolute Gasteiger partial charge is 0.481 e. The molecule has 0 saturated heterocycles. The Kier molecular flexibility index (Phi) is 14.8. The lowest BCUT2D eigenvalue weighted by Crippen LogP contribution is -1.95. The second-order valence-electron chi connectivity index (χ2n) is 4.63. The van der Waals surface area contributed by atoms with Gasteiger partial charge in [0.1, 0.15) is 0 Å². The van der Waals surface area contributed by atoms with Crippen molar-refractivity contribution in [2.75, 3.05) is 23.0 Å². The normalized spacial score (nSPS) is 10.6. The zero-order valence-electron chi connectivity index (χ0n) is 12.0. The van der Waals surface area contributed by atoms with Crippen molar-refractivity contribution in [3.8, 4) is 0 Å². The molecule has 2 N–H and O–H groups in total. The van der Waals surface area contributed by atoms with Gasteiger partial charge in [0, 0.05) is 24.3 Å². The first-order valence-electron chi connectivity index (χ1n) is 7.22. The number of carbonyl (C=O) groups is 2. The van der Waals surface area contributed by atoms with Gasteiger partial charge in [-0.05, 0) is 37.2 Å². The summed E-state index contributed by atoms with van der Waals surface area (Å²) in [4.78, 5) is 20.6. The Bertz CT molecular complexity index is 234. The van der Waals surface area contributed by atoms with Crippen LogP contribution < -0.4 is 0 Å². The summed E-state index contributed by atoms with van der Waals surface area (Å²) in [6, 6.07) is 0. The minimum Gasteiger partial charge on any atom is -0.481 e. The third-order valence-corrected chi connectivity index (χ3v) is 5.13. The number of aliphatic carboxylic acids is 2. The lowest BCUT2D eigenvalue weighted by Gasteiger charge is -2.02. The molecule has 0 saturated carbocycles. The predicted octanol–water partition coefficient (Wildman–Crippen LogP) is 3.74. The van der Waals surface area contributed by atoms with Gasteiger partial charge >= 0.3 is 11.9 Å². The molecule has 4 nitrogen and oxygen atoms in total. The Morgan fingerprint density at radius 1 is 0.600 bits per heavy atom. The van der Waals surface area contributed by atoms with E-state index in [1.807, 2.05) is 23.5 Å². The van der Waals surface area contributed by atoms with E-state index in [0.717, 1.165) is 61.5 Å². The fraction of sp³-hybridized carbons (Fsp3) is 0.857.